The van der Waals surface area contributed by atoms with E-state index in [2.05, 4.69) is 0 Å². The van der Waals surface area contributed by atoms with Gasteiger partial charge >= 0.3 is 23.9 Å². The van der Waals surface area contributed by atoms with E-state index in [0.717, 1.165) is 25.7 Å². The second-order valence-corrected chi connectivity index (χ2v) is 5.44. The van der Waals surface area contributed by atoms with Crippen molar-refractivity contribution in [3.8, 4) is 0 Å². The van der Waals surface area contributed by atoms with E-state index in [9.17, 15) is 24.0 Å². The Balaban J connectivity index is 3.31. The molecule has 1 amide bonds. The minimum absolute atomic E-state index is 0.331. The van der Waals surface area contributed by atoms with Crippen LogP contribution < -0.4 is 0 Å². The molecule has 25 heavy (non-hydrogen) atoms. The molecule has 1 heterocycles. The number of carbonyl (C=O) groups excluding carboxylic acids is 5. The summed E-state index contributed by atoms with van der Waals surface area (Å²) in [6, 6.07) is -0.987. The molecule has 1 saturated heterocycles. The van der Waals surface area contributed by atoms with Crippen LogP contribution in [0.4, 0.5) is 0 Å². The number of esters is 4. The fraction of sp³-hybridized carbons (Fsp3) is 0.667. The van der Waals surface area contributed by atoms with Gasteiger partial charge < -0.3 is 18.9 Å². The molecule has 1 aliphatic heterocycles. The highest BCUT2D eigenvalue weighted by molar-refractivity contribution is 5.76. The number of hydrogen-bond donors (Lipinski definition) is 0. The predicted octanol–water partition coefficient (Wildman–Crippen LogP) is -0.467. The molecule has 0 radical (unpaired) electrons. The Morgan fingerprint density at radius 3 is 1.60 bits per heavy atom. The number of rotatable bonds is 5. The fourth-order valence-corrected chi connectivity index (χ4v) is 2.63. The molecule has 0 aromatic rings. The van der Waals surface area contributed by atoms with E-state index in [1.165, 1.54) is 13.8 Å². The van der Waals surface area contributed by atoms with Crippen LogP contribution in [0.1, 0.15) is 34.6 Å². The van der Waals surface area contributed by atoms with E-state index in [1.807, 2.05) is 0 Å². The first-order valence-corrected chi connectivity index (χ1v) is 7.48. The number of likely N-dealkylation sites (tertiary alicyclic amines) is 1. The van der Waals surface area contributed by atoms with Gasteiger partial charge in [-0.05, 0) is 0 Å². The van der Waals surface area contributed by atoms with Gasteiger partial charge in [-0.3, -0.25) is 28.9 Å². The Bertz CT molecular complexity index is 573. The number of carbonyl (C=O) groups is 5. The Morgan fingerprint density at radius 2 is 1.20 bits per heavy atom. The largest absolute Gasteiger partial charge is 0.464 e. The molecule has 0 N–H and O–H groups in total. The van der Waals surface area contributed by atoms with E-state index in [1.54, 1.807) is 0 Å². The third-order valence-electron chi connectivity index (χ3n) is 3.33. The summed E-state index contributed by atoms with van der Waals surface area (Å²) in [5.74, 6) is -3.33. The lowest BCUT2D eigenvalue weighted by Crippen LogP contribution is -2.47. The van der Waals surface area contributed by atoms with Gasteiger partial charge in [-0.15, -0.1) is 0 Å². The highest BCUT2D eigenvalue weighted by Gasteiger charge is 2.56. The van der Waals surface area contributed by atoms with Crippen LogP contribution in [0.3, 0.4) is 0 Å². The molecule has 1 unspecified atom stereocenters. The lowest BCUT2D eigenvalue weighted by Gasteiger charge is -2.28. The summed E-state index contributed by atoms with van der Waals surface area (Å²) >= 11 is 0. The van der Waals surface area contributed by atoms with Crippen molar-refractivity contribution in [3.63, 3.8) is 0 Å². The van der Waals surface area contributed by atoms with Crippen LogP contribution in [0.25, 0.3) is 0 Å². The Hall–Kier alpha value is -2.65. The van der Waals surface area contributed by atoms with Crippen LogP contribution in [0.2, 0.25) is 0 Å². The van der Waals surface area contributed by atoms with Crippen LogP contribution in [-0.4, -0.2) is 65.8 Å². The molecular formula is C15H21NO9. The number of nitrogens with zero attached hydrogens (tertiary/aromatic N) is 1. The normalized spacial score (nSPS) is 25.1. The van der Waals surface area contributed by atoms with Crippen molar-refractivity contribution < 1.29 is 42.9 Å². The zero-order chi connectivity index (χ0) is 19.3. The summed E-state index contributed by atoms with van der Waals surface area (Å²) in [5, 5.41) is 0. The lowest BCUT2D eigenvalue weighted by molar-refractivity contribution is -0.181. The van der Waals surface area contributed by atoms with Gasteiger partial charge in [0.25, 0.3) is 0 Å². The van der Waals surface area contributed by atoms with Gasteiger partial charge in [0, 0.05) is 34.6 Å². The van der Waals surface area contributed by atoms with E-state index in [-0.39, 0.29) is 6.61 Å². The van der Waals surface area contributed by atoms with Crippen LogP contribution in [-0.2, 0) is 42.9 Å². The smallest absolute Gasteiger partial charge is 0.304 e. The second-order valence-electron chi connectivity index (χ2n) is 5.44. The van der Waals surface area contributed by atoms with Gasteiger partial charge in [0.2, 0.25) is 12.1 Å². The number of hydrogen-bond acceptors (Lipinski definition) is 9. The van der Waals surface area contributed by atoms with Gasteiger partial charge in [0.05, 0.1) is 0 Å². The molecule has 10 nitrogen and oxygen atoms in total. The summed E-state index contributed by atoms with van der Waals surface area (Å²) < 4.78 is 20.3. The maximum Gasteiger partial charge on any atom is 0.304 e. The zero-order valence-electron chi connectivity index (χ0n) is 14.6. The molecule has 0 spiro atoms. The van der Waals surface area contributed by atoms with Crippen LogP contribution >= 0.6 is 0 Å². The SMILES string of the molecule is CC(=O)OC[C@H]1[C@H](OC(C)=O)[C@H](OC(C)=O)C(OC(C)=O)N1C(C)=O. The first-order chi connectivity index (χ1) is 11.5. The van der Waals surface area contributed by atoms with Crippen molar-refractivity contribution in [1.29, 1.82) is 0 Å². The van der Waals surface area contributed by atoms with Gasteiger partial charge in [0.1, 0.15) is 12.6 Å². The van der Waals surface area contributed by atoms with Crippen molar-refractivity contribution in [3.05, 3.63) is 0 Å². The fourth-order valence-electron chi connectivity index (χ4n) is 2.63. The first-order valence-electron chi connectivity index (χ1n) is 7.48. The van der Waals surface area contributed by atoms with E-state index in [0.29, 0.717) is 0 Å². The number of amides is 1. The molecule has 140 valence electrons. The van der Waals surface area contributed by atoms with Gasteiger partial charge in [0.15, 0.2) is 12.2 Å². The molecule has 1 fully saturated rings. The highest BCUT2D eigenvalue weighted by Crippen LogP contribution is 2.32. The molecule has 10 heteroatoms. The molecule has 0 bridgehead atoms. The average Bonchev–Trinajstić information content (AvgIpc) is 2.69. The monoisotopic (exact) mass is 359 g/mol. The van der Waals surface area contributed by atoms with Crippen molar-refractivity contribution >= 4 is 29.8 Å². The summed E-state index contributed by atoms with van der Waals surface area (Å²) in [7, 11) is 0. The van der Waals surface area contributed by atoms with Crippen LogP contribution in [0, 0.1) is 0 Å². The summed E-state index contributed by atoms with van der Waals surface area (Å²) in [4.78, 5) is 58.5. The standard InChI is InChI=1S/C15H21NO9/c1-7(17)16-12(6-22-8(2)18)13(23-9(3)19)14(24-10(4)20)15(16)25-11(5)21/h12-15H,6H2,1-5H3/t12-,13-,14-,15?/m0/s1. The molecular weight excluding hydrogens is 338 g/mol. The topological polar surface area (TPSA) is 126 Å². The molecule has 0 saturated carbocycles. The van der Waals surface area contributed by atoms with Crippen molar-refractivity contribution in [2.75, 3.05) is 6.61 Å². The molecule has 0 aromatic heterocycles. The minimum atomic E-state index is -1.32. The maximum atomic E-state index is 12.1. The number of ether oxygens (including phenoxy) is 4. The van der Waals surface area contributed by atoms with Gasteiger partial charge in [-0.2, -0.15) is 0 Å². The van der Waals surface area contributed by atoms with Gasteiger partial charge in [-0.1, -0.05) is 0 Å². The lowest BCUT2D eigenvalue weighted by atomic mass is 10.1. The van der Waals surface area contributed by atoms with E-state index < -0.39 is 54.3 Å². The second kappa shape index (κ2) is 8.45. The Labute approximate surface area is 144 Å². The van der Waals surface area contributed by atoms with E-state index >= 15 is 0 Å². The molecule has 1 aliphatic rings. The molecule has 0 aromatic carbocycles. The first kappa shape index (κ1) is 20.4. The van der Waals surface area contributed by atoms with Crippen molar-refractivity contribution in [2.45, 2.75) is 59.1 Å². The Morgan fingerprint density at radius 1 is 0.720 bits per heavy atom. The molecule has 1 rings (SSSR count). The van der Waals surface area contributed by atoms with Crippen LogP contribution in [0.5, 0.6) is 0 Å². The quantitative estimate of drug-likeness (QED) is 0.473. The summed E-state index contributed by atoms with van der Waals surface area (Å²) in [5.41, 5.74) is 0. The van der Waals surface area contributed by atoms with Crippen molar-refractivity contribution in [1.82, 2.24) is 4.90 Å². The Kier molecular flexibility index (Phi) is 6.89. The minimum Gasteiger partial charge on any atom is -0.464 e. The molecule has 0 aliphatic carbocycles. The third kappa shape index (κ3) is 5.44. The summed E-state index contributed by atoms with van der Waals surface area (Å²) in [6.45, 7) is 5.39. The van der Waals surface area contributed by atoms with Crippen molar-refractivity contribution in [2.24, 2.45) is 0 Å². The predicted molar refractivity (Wildman–Crippen MR) is 79.6 cm³/mol. The van der Waals surface area contributed by atoms with E-state index in [4.69, 9.17) is 18.9 Å². The maximum absolute atomic E-state index is 12.1. The van der Waals surface area contributed by atoms with Crippen LogP contribution in [0.15, 0.2) is 0 Å². The third-order valence-corrected chi connectivity index (χ3v) is 3.33. The zero-order valence-corrected chi connectivity index (χ0v) is 14.6. The molecule has 4 atom stereocenters. The highest BCUT2D eigenvalue weighted by atomic mass is 16.6. The summed E-state index contributed by atoms with van der Waals surface area (Å²) in [6.07, 6.45) is -3.74. The van der Waals surface area contributed by atoms with Gasteiger partial charge in [-0.25, -0.2) is 0 Å². The average molecular weight is 359 g/mol.